The van der Waals surface area contributed by atoms with E-state index in [-0.39, 0.29) is 5.78 Å². The summed E-state index contributed by atoms with van der Waals surface area (Å²) in [4.78, 5) is 20.8. The van der Waals surface area contributed by atoms with Crippen LogP contribution in [0.2, 0.25) is 10.0 Å². The van der Waals surface area contributed by atoms with Gasteiger partial charge in [-0.3, -0.25) is 14.5 Å². The first-order chi connectivity index (χ1) is 11.1. The van der Waals surface area contributed by atoms with E-state index in [1.165, 1.54) is 6.33 Å². The van der Waals surface area contributed by atoms with Gasteiger partial charge >= 0.3 is 0 Å². The van der Waals surface area contributed by atoms with Crippen molar-refractivity contribution in [2.24, 2.45) is 0 Å². The molecule has 3 aromatic rings. The summed E-state index contributed by atoms with van der Waals surface area (Å²) in [5.74, 6) is -0.594. The summed E-state index contributed by atoms with van der Waals surface area (Å²) in [5, 5.41) is 5.04. The van der Waals surface area contributed by atoms with E-state index in [1.54, 1.807) is 53.7 Å². The van der Waals surface area contributed by atoms with Gasteiger partial charge in [-0.15, -0.1) is 0 Å². The molecular formula is C16H12Cl2N4O. The van der Waals surface area contributed by atoms with Gasteiger partial charge in [-0.25, -0.2) is 4.98 Å². The average molecular weight is 347 g/mol. The van der Waals surface area contributed by atoms with E-state index in [4.69, 9.17) is 23.2 Å². The Morgan fingerprint density at radius 2 is 2.09 bits per heavy atom. The van der Waals surface area contributed by atoms with Crippen LogP contribution in [0.15, 0.2) is 55.4 Å². The van der Waals surface area contributed by atoms with Crippen molar-refractivity contribution in [3.05, 3.63) is 76.6 Å². The summed E-state index contributed by atoms with van der Waals surface area (Å²) in [6.07, 6.45) is 6.15. The highest BCUT2D eigenvalue weighted by Gasteiger charge is 2.25. The van der Waals surface area contributed by atoms with Crippen molar-refractivity contribution >= 4 is 29.0 Å². The van der Waals surface area contributed by atoms with Gasteiger partial charge in [-0.2, -0.15) is 5.10 Å². The maximum atomic E-state index is 12.9. The number of nitrogens with zero attached hydrogens (tertiary/aromatic N) is 4. The topological polar surface area (TPSA) is 60.7 Å². The van der Waals surface area contributed by atoms with Crippen LogP contribution >= 0.6 is 23.2 Å². The van der Waals surface area contributed by atoms with Crippen LogP contribution in [-0.4, -0.2) is 25.5 Å². The molecule has 0 aliphatic carbocycles. The lowest BCUT2D eigenvalue weighted by atomic mass is 9.91. The second kappa shape index (κ2) is 6.89. The summed E-state index contributed by atoms with van der Waals surface area (Å²) in [5.41, 5.74) is 1.21. The fourth-order valence-electron chi connectivity index (χ4n) is 2.33. The minimum absolute atomic E-state index is 0.0853. The SMILES string of the molecule is O=C(c1cccnc1)C(Cn1cncn1)c1ccc(Cl)cc1Cl. The number of benzene rings is 1. The van der Waals surface area contributed by atoms with Crippen molar-refractivity contribution in [2.45, 2.75) is 12.5 Å². The van der Waals surface area contributed by atoms with Crippen molar-refractivity contribution in [1.82, 2.24) is 19.7 Å². The number of hydrogen-bond donors (Lipinski definition) is 0. The summed E-state index contributed by atoms with van der Waals surface area (Å²) >= 11 is 12.3. The molecule has 1 aromatic carbocycles. The average Bonchev–Trinajstić information content (AvgIpc) is 3.07. The van der Waals surface area contributed by atoms with E-state index >= 15 is 0 Å². The maximum Gasteiger partial charge on any atom is 0.173 e. The Morgan fingerprint density at radius 1 is 1.22 bits per heavy atom. The molecule has 0 fully saturated rings. The Hall–Kier alpha value is -2.24. The van der Waals surface area contributed by atoms with Gasteiger partial charge in [0.25, 0.3) is 0 Å². The lowest BCUT2D eigenvalue weighted by Gasteiger charge is -2.17. The molecule has 0 saturated heterocycles. The molecule has 0 N–H and O–H groups in total. The molecule has 1 atom stereocenters. The second-order valence-electron chi connectivity index (χ2n) is 4.94. The predicted octanol–water partition coefficient (Wildman–Crippen LogP) is 3.65. The van der Waals surface area contributed by atoms with Gasteiger partial charge < -0.3 is 0 Å². The van der Waals surface area contributed by atoms with Gasteiger partial charge in [-0.05, 0) is 29.8 Å². The van der Waals surface area contributed by atoms with Crippen LogP contribution in [-0.2, 0) is 6.54 Å². The molecule has 0 aliphatic rings. The molecular weight excluding hydrogens is 335 g/mol. The van der Waals surface area contributed by atoms with Crippen LogP contribution < -0.4 is 0 Å². The number of carbonyl (C=O) groups is 1. The van der Waals surface area contributed by atoms with Crippen LogP contribution in [0.5, 0.6) is 0 Å². The highest BCUT2D eigenvalue weighted by atomic mass is 35.5. The Kier molecular flexibility index (Phi) is 4.69. The number of rotatable bonds is 5. The van der Waals surface area contributed by atoms with Gasteiger partial charge in [0.1, 0.15) is 12.7 Å². The molecule has 7 heteroatoms. The predicted molar refractivity (Wildman–Crippen MR) is 87.8 cm³/mol. The molecule has 5 nitrogen and oxygen atoms in total. The fraction of sp³-hybridized carbons (Fsp3) is 0.125. The van der Waals surface area contributed by atoms with Gasteiger partial charge in [0.05, 0.1) is 12.5 Å². The van der Waals surface area contributed by atoms with Crippen LogP contribution in [0, 0.1) is 0 Å². The van der Waals surface area contributed by atoms with Crippen molar-refractivity contribution in [2.75, 3.05) is 0 Å². The first kappa shape index (κ1) is 15.6. The Labute approximate surface area is 142 Å². The summed E-state index contributed by atoms with van der Waals surface area (Å²) in [6, 6.07) is 8.56. The first-order valence-corrected chi connectivity index (χ1v) is 7.62. The van der Waals surface area contributed by atoms with Gasteiger partial charge in [-0.1, -0.05) is 29.3 Å². The van der Waals surface area contributed by atoms with Crippen LogP contribution in [0.4, 0.5) is 0 Å². The third kappa shape index (κ3) is 3.57. The number of pyridine rings is 1. The first-order valence-electron chi connectivity index (χ1n) is 6.87. The zero-order valence-corrected chi connectivity index (χ0v) is 13.4. The quantitative estimate of drug-likeness (QED) is 0.661. The molecule has 3 rings (SSSR count). The molecule has 2 heterocycles. The van der Waals surface area contributed by atoms with Crippen LogP contribution in [0.25, 0.3) is 0 Å². The van der Waals surface area contributed by atoms with E-state index in [2.05, 4.69) is 15.1 Å². The molecule has 0 aliphatic heterocycles. The maximum absolute atomic E-state index is 12.9. The zero-order valence-electron chi connectivity index (χ0n) is 11.9. The van der Waals surface area contributed by atoms with E-state index in [9.17, 15) is 4.79 Å². The normalized spacial score (nSPS) is 12.1. The van der Waals surface area contributed by atoms with Crippen molar-refractivity contribution in [1.29, 1.82) is 0 Å². The summed E-state index contributed by atoms with van der Waals surface area (Å²) in [7, 11) is 0. The zero-order chi connectivity index (χ0) is 16.2. The van der Waals surface area contributed by atoms with Crippen LogP contribution in [0.1, 0.15) is 21.8 Å². The summed E-state index contributed by atoms with van der Waals surface area (Å²) < 4.78 is 1.60. The minimum Gasteiger partial charge on any atom is -0.293 e. The molecule has 2 aromatic heterocycles. The van der Waals surface area contributed by atoms with Gasteiger partial charge in [0, 0.05) is 28.0 Å². The van der Waals surface area contributed by atoms with E-state index < -0.39 is 5.92 Å². The highest BCUT2D eigenvalue weighted by Crippen LogP contribution is 2.31. The third-order valence-corrected chi connectivity index (χ3v) is 4.00. The number of carbonyl (C=O) groups excluding carboxylic acids is 1. The molecule has 1 unspecified atom stereocenters. The highest BCUT2D eigenvalue weighted by molar-refractivity contribution is 6.35. The Morgan fingerprint density at radius 3 is 2.74 bits per heavy atom. The molecule has 23 heavy (non-hydrogen) atoms. The van der Waals surface area contributed by atoms with Crippen molar-refractivity contribution in [3.63, 3.8) is 0 Å². The van der Waals surface area contributed by atoms with Crippen LogP contribution in [0.3, 0.4) is 0 Å². The molecule has 0 spiro atoms. The molecule has 0 radical (unpaired) electrons. The number of aromatic nitrogens is 4. The lowest BCUT2D eigenvalue weighted by Crippen LogP contribution is -2.20. The minimum atomic E-state index is -0.509. The Balaban J connectivity index is 2.01. The number of Topliss-reactive ketones (excluding diaryl/α,β-unsaturated/α-hetero) is 1. The van der Waals surface area contributed by atoms with E-state index in [0.717, 1.165) is 0 Å². The number of ketones is 1. The number of halogens is 2. The Bertz CT molecular complexity index is 806. The monoisotopic (exact) mass is 346 g/mol. The molecule has 116 valence electrons. The molecule has 0 bridgehead atoms. The smallest absolute Gasteiger partial charge is 0.173 e. The van der Waals surface area contributed by atoms with Crippen molar-refractivity contribution in [3.8, 4) is 0 Å². The number of hydrogen-bond acceptors (Lipinski definition) is 4. The molecule has 0 amide bonds. The molecule has 0 saturated carbocycles. The van der Waals surface area contributed by atoms with E-state index in [1.807, 2.05) is 0 Å². The summed E-state index contributed by atoms with van der Waals surface area (Å²) in [6.45, 7) is 0.328. The third-order valence-electron chi connectivity index (χ3n) is 3.44. The van der Waals surface area contributed by atoms with Gasteiger partial charge in [0.15, 0.2) is 5.78 Å². The van der Waals surface area contributed by atoms with E-state index in [0.29, 0.717) is 27.7 Å². The second-order valence-corrected chi connectivity index (χ2v) is 5.79. The van der Waals surface area contributed by atoms with Crippen molar-refractivity contribution < 1.29 is 4.79 Å². The largest absolute Gasteiger partial charge is 0.293 e. The fourth-order valence-corrected chi connectivity index (χ4v) is 2.87. The standard InChI is InChI=1S/C16H12Cl2N4O/c17-12-3-4-13(15(18)6-12)14(8-22-10-20-9-21-22)16(23)11-2-1-5-19-7-11/h1-7,9-10,14H,8H2. The van der Waals surface area contributed by atoms with Gasteiger partial charge in [0.2, 0.25) is 0 Å². The lowest BCUT2D eigenvalue weighted by molar-refractivity contribution is 0.0948.